The molecule has 0 unspecified atom stereocenters. The molecule has 2 heterocycles. The van der Waals surface area contributed by atoms with E-state index in [1.54, 1.807) is 18.3 Å². The molecular formula is C24H22FN5O2. The van der Waals surface area contributed by atoms with Crippen LogP contribution < -0.4 is 10.9 Å². The lowest BCUT2D eigenvalue weighted by atomic mass is 10.1. The molecule has 0 radical (unpaired) electrons. The number of hydrogen-bond donors (Lipinski definition) is 1. The van der Waals surface area contributed by atoms with E-state index in [-0.39, 0.29) is 24.2 Å². The van der Waals surface area contributed by atoms with Gasteiger partial charge in [-0.15, -0.1) is 0 Å². The Kier molecular flexibility index (Phi) is 4.84. The van der Waals surface area contributed by atoms with E-state index in [2.05, 4.69) is 15.5 Å². The molecule has 8 heteroatoms. The third kappa shape index (κ3) is 3.68. The number of rotatable bonds is 5. The highest BCUT2D eigenvalue weighted by atomic mass is 19.1. The molecule has 5 rings (SSSR count). The average molecular weight is 431 g/mol. The van der Waals surface area contributed by atoms with Gasteiger partial charge in [0.1, 0.15) is 17.9 Å². The van der Waals surface area contributed by atoms with E-state index in [4.69, 9.17) is 0 Å². The van der Waals surface area contributed by atoms with Crippen molar-refractivity contribution >= 4 is 22.5 Å². The molecule has 0 atom stereocenters. The topological polar surface area (TPSA) is 81.8 Å². The molecule has 2 aromatic heterocycles. The second kappa shape index (κ2) is 7.71. The van der Waals surface area contributed by atoms with Crippen molar-refractivity contribution < 1.29 is 9.18 Å². The summed E-state index contributed by atoms with van der Waals surface area (Å²) >= 11 is 0. The minimum absolute atomic E-state index is 0.212. The van der Waals surface area contributed by atoms with Crippen molar-refractivity contribution in [2.24, 2.45) is 0 Å². The van der Waals surface area contributed by atoms with Crippen LogP contribution >= 0.6 is 0 Å². The summed E-state index contributed by atoms with van der Waals surface area (Å²) < 4.78 is 16.1. The number of aromatic nitrogens is 4. The molecule has 0 aliphatic heterocycles. The molecular weight excluding hydrogens is 409 g/mol. The summed E-state index contributed by atoms with van der Waals surface area (Å²) in [7, 11) is 0. The smallest absolute Gasteiger partial charge is 0.293 e. The van der Waals surface area contributed by atoms with Gasteiger partial charge in [0.05, 0.1) is 17.6 Å². The van der Waals surface area contributed by atoms with Gasteiger partial charge in [-0.05, 0) is 62.6 Å². The van der Waals surface area contributed by atoms with Crippen molar-refractivity contribution in [3.63, 3.8) is 0 Å². The van der Waals surface area contributed by atoms with Crippen LogP contribution in [-0.2, 0) is 11.3 Å². The maximum atomic E-state index is 13.4. The molecule has 1 amide bonds. The van der Waals surface area contributed by atoms with Gasteiger partial charge >= 0.3 is 0 Å². The first-order valence-corrected chi connectivity index (χ1v) is 10.5. The molecule has 7 nitrogen and oxygen atoms in total. The first kappa shape index (κ1) is 20.1. The molecule has 0 spiro atoms. The zero-order valence-electron chi connectivity index (χ0n) is 17.8. The molecule has 4 aromatic rings. The highest BCUT2D eigenvalue weighted by Crippen LogP contribution is 2.41. The Hall–Kier alpha value is -3.81. The zero-order valence-corrected chi connectivity index (χ0v) is 17.8. The normalized spacial score (nSPS) is 13.5. The average Bonchev–Trinajstić information content (AvgIpc) is 3.51. The summed E-state index contributed by atoms with van der Waals surface area (Å²) in [6, 6.07) is 11.5. The van der Waals surface area contributed by atoms with Gasteiger partial charge < -0.3 is 5.32 Å². The second-order valence-electron chi connectivity index (χ2n) is 8.28. The van der Waals surface area contributed by atoms with Crippen molar-refractivity contribution in [3.8, 4) is 5.69 Å². The molecule has 1 aliphatic carbocycles. The third-order valence-corrected chi connectivity index (χ3v) is 5.70. The minimum Gasteiger partial charge on any atom is -0.324 e. The summed E-state index contributed by atoms with van der Waals surface area (Å²) in [5, 5.41) is 12.4. The van der Waals surface area contributed by atoms with Crippen molar-refractivity contribution in [2.75, 3.05) is 5.32 Å². The fourth-order valence-corrected chi connectivity index (χ4v) is 3.92. The van der Waals surface area contributed by atoms with Gasteiger partial charge in [0, 0.05) is 17.0 Å². The predicted molar refractivity (Wildman–Crippen MR) is 120 cm³/mol. The number of nitrogens with one attached hydrogen (secondary N) is 1. The number of anilines is 1. The third-order valence-electron chi connectivity index (χ3n) is 5.70. The minimum atomic E-state index is -0.415. The number of amides is 1. The molecule has 1 N–H and O–H groups in total. The van der Waals surface area contributed by atoms with Gasteiger partial charge in [-0.3, -0.25) is 9.59 Å². The van der Waals surface area contributed by atoms with E-state index in [0.717, 1.165) is 29.7 Å². The number of halogens is 1. The highest BCUT2D eigenvalue weighted by molar-refractivity contribution is 5.91. The van der Waals surface area contributed by atoms with Crippen LogP contribution in [0.2, 0.25) is 0 Å². The number of benzene rings is 2. The van der Waals surface area contributed by atoms with Crippen LogP contribution in [0.3, 0.4) is 0 Å². The van der Waals surface area contributed by atoms with E-state index < -0.39 is 5.56 Å². The summed E-state index contributed by atoms with van der Waals surface area (Å²) in [5.41, 5.74) is 4.02. The quantitative estimate of drug-likeness (QED) is 0.520. The van der Waals surface area contributed by atoms with Crippen LogP contribution in [0.15, 0.2) is 53.5 Å². The Morgan fingerprint density at radius 3 is 2.59 bits per heavy atom. The molecule has 1 saturated carbocycles. The SMILES string of the molecule is Cc1ccc(NC(=O)Cn2nc(C3CC3)c3cnn(-c4ccc(F)cc4)c3c2=O)c(C)c1. The Labute approximate surface area is 183 Å². The molecule has 1 fully saturated rings. The Morgan fingerprint density at radius 2 is 1.91 bits per heavy atom. The lowest BCUT2D eigenvalue weighted by Gasteiger charge is -2.12. The molecule has 2 aromatic carbocycles. The highest BCUT2D eigenvalue weighted by Gasteiger charge is 2.30. The Morgan fingerprint density at radius 1 is 1.16 bits per heavy atom. The van der Waals surface area contributed by atoms with Crippen LogP contribution in [0.5, 0.6) is 0 Å². The summed E-state index contributed by atoms with van der Waals surface area (Å²) in [6.45, 7) is 3.70. The lowest BCUT2D eigenvalue weighted by molar-refractivity contribution is -0.117. The summed E-state index contributed by atoms with van der Waals surface area (Å²) in [5.74, 6) is -0.454. The van der Waals surface area contributed by atoms with E-state index in [1.165, 1.54) is 21.5 Å². The van der Waals surface area contributed by atoms with Gasteiger partial charge in [0.15, 0.2) is 0 Å². The number of carbonyl (C=O) groups excluding carboxylic acids is 1. The van der Waals surface area contributed by atoms with Gasteiger partial charge in [-0.2, -0.15) is 10.2 Å². The van der Waals surface area contributed by atoms with Crippen LogP contribution in [0.25, 0.3) is 16.6 Å². The van der Waals surface area contributed by atoms with E-state index >= 15 is 0 Å². The Bertz CT molecular complexity index is 1400. The van der Waals surface area contributed by atoms with Gasteiger partial charge in [0.25, 0.3) is 5.56 Å². The van der Waals surface area contributed by atoms with E-state index in [1.807, 2.05) is 32.0 Å². The monoisotopic (exact) mass is 431 g/mol. The van der Waals surface area contributed by atoms with Crippen LogP contribution in [-0.4, -0.2) is 25.5 Å². The molecule has 0 bridgehead atoms. The van der Waals surface area contributed by atoms with E-state index in [9.17, 15) is 14.0 Å². The van der Waals surface area contributed by atoms with Crippen LogP contribution in [0.4, 0.5) is 10.1 Å². The number of fused-ring (bicyclic) bond motifs is 1. The first-order chi connectivity index (χ1) is 15.4. The van der Waals surface area contributed by atoms with Crippen LogP contribution in [0, 0.1) is 19.7 Å². The van der Waals surface area contributed by atoms with Gasteiger partial charge in [-0.1, -0.05) is 17.7 Å². The number of carbonyl (C=O) groups is 1. The van der Waals surface area contributed by atoms with Crippen molar-refractivity contribution in [3.05, 3.63) is 81.7 Å². The predicted octanol–water partition coefficient (Wildman–Crippen LogP) is 3.85. The van der Waals surface area contributed by atoms with E-state index in [0.29, 0.717) is 22.3 Å². The molecule has 0 saturated heterocycles. The second-order valence-corrected chi connectivity index (χ2v) is 8.28. The fraction of sp³-hybridized carbons (Fsp3) is 0.250. The van der Waals surface area contributed by atoms with Crippen molar-refractivity contribution in [2.45, 2.75) is 39.2 Å². The van der Waals surface area contributed by atoms with Crippen molar-refractivity contribution in [1.29, 1.82) is 0 Å². The van der Waals surface area contributed by atoms with Crippen LogP contribution in [0.1, 0.15) is 35.6 Å². The standard InChI is InChI=1S/C24H22FN5O2/c1-14-3-10-20(15(2)11-14)27-21(31)13-29-24(32)23-19(22(28-29)16-4-5-16)12-26-30(23)18-8-6-17(25)7-9-18/h3,6-12,16H,4-5,13H2,1-2H3,(H,27,31). The summed E-state index contributed by atoms with van der Waals surface area (Å²) in [4.78, 5) is 26.1. The molecule has 32 heavy (non-hydrogen) atoms. The lowest BCUT2D eigenvalue weighted by Crippen LogP contribution is -2.31. The number of aryl methyl sites for hydroxylation is 2. The van der Waals surface area contributed by atoms with Gasteiger partial charge in [-0.25, -0.2) is 13.8 Å². The summed E-state index contributed by atoms with van der Waals surface area (Å²) in [6.07, 6.45) is 3.59. The van der Waals surface area contributed by atoms with Gasteiger partial charge in [0.2, 0.25) is 5.91 Å². The first-order valence-electron chi connectivity index (χ1n) is 10.5. The largest absolute Gasteiger partial charge is 0.324 e. The molecule has 162 valence electrons. The maximum absolute atomic E-state index is 13.4. The maximum Gasteiger partial charge on any atom is 0.293 e. The Balaban J connectivity index is 1.55. The number of nitrogens with zero attached hydrogens (tertiary/aromatic N) is 4. The fourth-order valence-electron chi connectivity index (χ4n) is 3.92. The number of hydrogen-bond acceptors (Lipinski definition) is 4. The zero-order chi connectivity index (χ0) is 22.4. The molecule has 1 aliphatic rings. The van der Waals surface area contributed by atoms with Crippen molar-refractivity contribution in [1.82, 2.24) is 19.6 Å².